The molecule has 1 saturated heterocycles. The Hall–Kier alpha value is -1.85. The van der Waals surface area contributed by atoms with Crippen molar-refractivity contribution in [3.63, 3.8) is 0 Å². The topological polar surface area (TPSA) is 41.6 Å². The highest BCUT2D eigenvalue weighted by atomic mass is 79.9. The van der Waals surface area contributed by atoms with E-state index in [1.54, 1.807) is 0 Å². The highest BCUT2D eigenvalue weighted by Crippen LogP contribution is 2.17. The van der Waals surface area contributed by atoms with Gasteiger partial charge >= 0.3 is 0 Å². The van der Waals surface area contributed by atoms with Crippen molar-refractivity contribution in [2.24, 2.45) is 0 Å². The average Bonchev–Trinajstić information content (AvgIpc) is 2.64. The van der Waals surface area contributed by atoms with Crippen molar-refractivity contribution in [2.75, 3.05) is 25.0 Å². The van der Waals surface area contributed by atoms with Gasteiger partial charge in [0, 0.05) is 16.7 Å². The van der Waals surface area contributed by atoms with Crippen LogP contribution in [0.25, 0.3) is 0 Å². The summed E-state index contributed by atoms with van der Waals surface area (Å²) < 4.78 is 6.46. The third-order valence-corrected chi connectivity index (χ3v) is 4.80. The first kappa shape index (κ1) is 18.0. The van der Waals surface area contributed by atoms with Crippen LogP contribution >= 0.6 is 15.9 Å². The first-order valence-electron chi connectivity index (χ1n) is 8.68. The average molecular weight is 403 g/mol. The third-order valence-electron chi connectivity index (χ3n) is 4.28. The van der Waals surface area contributed by atoms with Gasteiger partial charge in [-0.3, -0.25) is 9.69 Å². The quantitative estimate of drug-likeness (QED) is 0.775. The van der Waals surface area contributed by atoms with Gasteiger partial charge in [0.15, 0.2) is 6.61 Å². The summed E-state index contributed by atoms with van der Waals surface area (Å²) in [6.45, 7) is 3.36. The zero-order valence-corrected chi connectivity index (χ0v) is 15.8. The van der Waals surface area contributed by atoms with Crippen LogP contribution in [0.5, 0.6) is 5.75 Å². The number of carbonyl (C=O) groups is 1. The number of hydrogen-bond acceptors (Lipinski definition) is 3. The molecule has 0 aliphatic carbocycles. The minimum Gasteiger partial charge on any atom is -0.484 e. The fourth-order valence-electron chi connectivity index (χ4n) is 2.95. The van der Waals surface area contributed by atoms with Crippen LogP contribution in [-0.2, 0) is 11.3 Å². The zero-order chi connectivity index (χ0) is 17.5. The summed E-state index contributed by atoms with van der Waals surface area (Å²) in [4.78, 5) is 14.5. The normalized spacial score (nSPS) is 14.9. The molecular weight excluding hydrogens is 380 g/mol. The number of anilines is 1. The molecule has 2 aromatic rings. The van der Waals surface area contributed by atoms with E-state index in [4.69, 9.17) is 4.74 Å². The van der Waals surface area contributed by atoms with Crippen LogP contribution in [-0.4, -0.2) is 30.5 Å². The molecule has 4 nitrogen and oxygen atoms in total. The van der Waals surface area contributed by atoms with Gasteiger partial charge in [-0.15, -0.1) is 0 Å². The molecule has 0 radical (unpaired) electrons. The number of carbonyl (C=O) groups excluding carboxylic acids is 1. The van der Waals surface area contributed by atoms with E-state index in [1.165, 1.54) is 37.9 Å². The number of rotatable bonds is 6. The van der Waals surface area contributed by atoms with Crippen LogP contribution in [0.4, 0.5) is 5.69 Å². The molecule has 0 saturated carbocycles. The number of amides is 1. The van der Waals surface area contributed by atoms with E-state index in [2.05, 4.69) is 38.3 Å². The van der Waals surface area contributed by atoms with E-state index >= 15 is 0 Å². The van der Waals surface area contributed by atoms with Crippen LogP contribution in [0, 0.1) is 0 Å². The molecule has 132 valence electrons. The summed E-state index contributed by atoms with van der Waals surface area (Å²) >= 11 is 3.37. The van der Waals surface area contributed by atoms with Gasteiger partial charge in [-0.25, -0.2) is 0 Å². The van der Waals surface area contributed by atoms with Crippen LogP contribution in [0.1, 0.15) is 24.8 Å². The molecule has 0 bridgehead atoms. The number of likely N-dealkylation sites (tertiary alicyclic amines) is 1. The molecule has 1 N–H and O–H groups in total. The number of hydrogen-bond donors (Lipinski definition) is 1. The molecule has 5 heteroatoms. The number of piperidine rings is 1. The van der Waals surface area contributed by atoms with E-state index in [9.17, 15) is 4.79 Å². The number of nitrogens with zero attached hydrogens (tertiary/aromatic N) is 1. The highest BCUT2D eigenvalue weighted by Gasteiger charge is 2.10. The van der Waals surface area contributed by atoms with Gasteiger partial charge in [0.05, 0.1) is 0 Å². The summed E-state index contributed by atoms with van der Waals surface area (Å²) in [6, 6.07) is 15.5. The first-order valence-corrected chi connectivity index (χ1v) is 9.48. The van der Waals surface area contributed by atoms with E-state index in [0.717, 1.165) is 16.7 Å². The van der Waals surface area contributed by atoms with Crippen molar-refractivity contribution in [1.29, 1.82) is 0 Å². The SMILES string of the molecule is O=C(COc1ccc(Br)cc1)Nc1ccc(CN2CCCCC2)cc1. The lowest BCUT2D eigenvalue weighted by Gasteiger charge is -2.26. The number of halogens is 1. The Bertz CT molecular complexity index is 680. The number of benzene rings is 2. The lowest BCUT2D eigenvalue weighted by molar-refractivity contribution is -0.118. The smallest absolute Gasteiger partial charge is 0.262 e. The summed E-state index contributed by atoms with van der Waals surface area (Å²) in [5.74, 6) is 0.516. The summed E-state index contributed by atoms with van der Waals surface area (Å²) in [5.41, 5.74) is 2.08. The second-order valence-corrected chi connectivity index (χ2v) is 7.24. The van der Waals surface area contributed by atoms with Crippen molar-refractivity contribution < 1.29 is 9.53 Å². The number of nitrogens with one attached hydrogen (secondary N) is 1. The molecule has 0 unspecified atom stereocenters. The highest BCUT2D eigenvalue weighted by molar-refractivity contribution is 9.10. The Balaban J connectivity index is 1.45. The van der Waals surface area contributed by atoms with Crippen molar-refractivity contribution in [1.82, 2.24) is 4.90 Å². The Morgan fingerprint density at radius 2 is 1.68 bits per heavy atom. The standard InChI is InChI=1S/C20H23BrN2O2/c21-17-6-10-19(11-7-17)25-15-20(24)22-18-8-4-16(5-9-18)14-23-12-2-1-3-13-23/h4-11H,1-3,12-15H2,(H,22,24). The van der Waals surface area contributed by atoms with Gasteiger partial charge in [0.25, 0.3) is 5.91 Å². The molecule has 1 aliphatic rings. The van der Waals surface area contributed by atoms with Crippen molar-refractivity contribution in [2.45, 2.75) is 25.8 Å². The van der Waals surface area contributed by atoms with Crippen LogP contribution in [0.15, 0.2) is 53.0 Å². The predicted molar refractivity (Wildman–Crippen MR) is 104 cm³/mol. The largest absolute Gasteiger partial charge is 0.484 e. The van der Waals surface area contributed by atoms with Gasteiger partial charge in [-0.1, -0.05) is 34.5 Å². The molecule has 1 amide bonds. The minimum absolute atomic E-state index is 0.00282. The zero-order valence-electron chi connectivity index (χ0n) is 14.2. The second-order valence-electron chi connectivity index (χ2n) is 6.32. The second kappa shape index (κ2) is 9.02. The Morgan fingerprint density at radius 3 is 2.36 bits per heavy atom. The van der Waals surface area contributed by atoms with Gasteiger partial charge in [-0.2, -0.15) is 0 Å². The van der Waals surface area contributed by atoms with Gasteiger partial charge in [-0.05, 0) is 67.9 Å². The number of ether oxygens (including phenoxy) is 1. The van der Waals surface area contributed by atoms with Gasteiger partial charge in [0.1, 0.15) is 5.75 Å². The molecule has 1 heterocycles. The third kappa shape index (κ3) is 5.87. The maximum atomic E-state index is 12.0. The van der Waals surface area contributed by atoms with Crippen LogP contribution < -0.4 is 10.1 Å². The fraction of sp³-hybridized carbons (Fsp3) is 0.350. The summed E-state index contributed by atoms with van der Waals surface area (Å²) in [7, 11) is 0. The summed E-state index contributed by atoms with van der Waals surface area (Å²) in [6.07, 6.45) is 3.95. The van der Waals surface area contributed by atoms with Crippen LogP contribution in [0.2, 0.25) is 0 Å². The van der Waals surface area contributed by atoms with Crippen molar-refractivity contribution in [3.05, 3.63) is 58.6 Å². The fourth-order valence-corrected chi connectivity index (χ4v) is 3.21. The molecular formula is C20H23BrN2O2. The molecule has 2 aromatic carbocycles. The molecule has 1 fully saturated rings. The molecule has 3 rings (SSSR count). The Morgan fingerprint density at radius 1 is 1.00 bits per heavy atom. The van der Waals surface area contributed by atoms with Crippen molar-refractivity contribution >= 4 is 27.5 Å². The van der Waals surface area contributed by atoms with Gasteiger partial charge < -0.3 is 10.1 Å². The lowest BCUT2D eigenvalue weighted by Crippen LogP contribution is -2.29. The van der Waals surface area contributed by atoms with Crippen molar-refractivity contribution in [3.8, 4) is 5.75 Å². The Kier molecular flexibility index (Phi) is 6.48. The maximum absolute atomic E-state index is 12.0. The molecule has 1 aliphatic heterocycles. The molecule has 0 atom stereocenters. The molecule has 25 heavy (non-hydrogen) atoms. The lowest BCUT2D eigenvalue weighted by atomic mass is 10.1. The molecule has 0 spiro atoms. The van der Waals surface area contributed by atoms with Crippen LogP contribution in [0.3, 0.4) is 0 Å². The predicted octanol–water partition coefficient (Wildman–Crippen LogP) is 4.45. The monoisotopic (exact) mass is 402 g/mol. The van der Waals surface area contributed by atoms with E-state index in [0.29, 0.717) is 5.75 Å². The maximum Gasteiger partial charge on any atom is 0.262 e. The Labute approximate surface area is 157 Å². The first-order chi connectivity index (χ1) is 12.2. The van der Waals surface area contributed by atoms with E-state index in [1.807, 2.05) is 36.4 Å². The minimum atomic E-state index is -0.160. The van der Waals surface area contributed by atoms with E-state index in [-0.39, 0.29) is 12.5 Å². The van der Waals surface area contributed by atoms with E-state index < -0.39 is 0 Å². The van der Waals surface area contributed by atoms with Gasteiger partial charge in [0.2, 0.25) is 0 Å². The summed E-state index contributed by atoms with van der Waals surface area (Å²) in [5, 5.41) is 2.87. The molecule has 0 aromatic heterocycles.